The quantitative estimate of drug-likeness (QED) is 0.788. The summed E-state index contributed by atoms with van der Waals surface area (Å²) in [6.07, 6.45) is 3.77. The van der Waals surface area contributed by atoms with Crippen molar-refractivity contribution in [1.82, 2.24) is 5.16 Å². The topological polar surface area (TPSA) is 46.3 Å². The second kappa shape index (κ2) is 3.39. The van der Waals surface area contributed by atoms with Crippen molar-refractivity contribution < 1.29 is 9.63 Å². The van der Waals surface area contributed by atoms with Crippen LogP contribution in [-0.4, -0.2) is 10.3 Å². The van der Waals surface area contributed by atoms with Crippen molar-refractivity contribution >= 4 is 0 Å². The largest absolute Gasteiger partial charge is 0.382 e. The fourth-order valence-electron chi connectivity index (χ4n) is 1.99. The van der Waals surface area contributed by atoms with Gasteiger partial charge in [-0.1, -0.05) is 19.0 Å². The van der Waals surface area contributed by atoms with Gasteiger partial charge in [-0.25, -0.2) is 0 Å². The molecule has 0 radical (unpaired) electrons. The first-order valence-electron chi connectivity index (χ1n) is 5.31. The van der Waals surface area contributed by atoms with E-state index >= 15 is 0 Å². The van der Waals surface area contributed by atoms with E-state index in [4.69, 9.17) is 4.52 Å². The molecule has 0 amide bonds. The van der Waals surface area contributed by atoms with E-state index in [1.54, 1.807) is 0 Å². The fraction of sp³-hybridized carbons (Fsp3) is 0.727. The minimum atomic E-state index is -0.736. The zero-order chi connectivity index (χ0) is 10.2. The van der Waals surface area contributed by atoms with E-state index in [1.807, 2.05) is 6.07 Å². The summed E-state index contributed by atoms with van der Waals surface area (Å²) in [7, 11) is 0. The number of hydrogen-bond donors (Lipinski definition) is 1. The standard InChI is InChI=1S/C11H17NO2/c1-8(2)9-7-10(14-12-9)11(13)5-3-4-6-11/h7-8,13H,3-6H2,1-2H3. The normalized spacial score (nSPS) is 20.6. The molecule has 1 aliphatic carbocycles. The molecular weight excluding hydrogens is 178 g/mol. The molecule has 14 heavy (non-hydrogen) atoms. The Balaban J connectivity index is 2.23. The molecule has 0 atom stereocenters. The second-order valence-electron chi connectivity index (χ2n) is 4.51. The van der Waals surface area contributed by atoms with E-state index in [0.717, 1.165) is 31.4 Å². The molecule has 0 unspecified atom stereocenters. The lowest BCUT2D eigenvalue weighted by Crippen LogP contribution is -2.19. The smallest absolute Gasteiger partial charge is 0.168 e. The Labute approximate surface area is 84.1 Å². The van der Waals surface area contributed by atoms with Crippen LogP contribution in [0.2, 0.25) is 0 Å². The molecule has 1 saturated carbocycles. The van der Waals surface area contributed by atoms with Gasteiger partial charge in [0.25, 0.3) is 0 Å². The fourth-order valence-corrected chi connectivity index (χ4v) is 1.99. The molecule has 3 heteroatoms. The maximum atomic E-state index is 10.2. The van der Waals surface area contributed by atoms with Gasteiger partial charge in [0.2, 0.25) is 0 Å². The van der Waals surface area contributed by atoms with Crippen LogP contribution in [0.15, 0.2) is 10.6 Å². The number of rotatable bonds is 2. The number of aliphatic hydroxyl groups is 1. The van der Waals surface area contributed by atoms with E-state index in [2.05, 4.69) is 19.0 Å². The van der Waals surface area contributed by atoms with Gasteiger partial charge in [0, 0.05) is 6.07 Å². The Kier molecular flexibility index (Phi) is 2.35. The van der Waals surface area contributed by atoms with Crippen LogP contribution in [0.5, 0.6) is 0 Å². The van der Waals surface area contributed by atoms with Gasteiger partial charge in [-0.15, -0.1) is 0 Å². The lowest BCUT2D eigenvalue weighted by molar-refractivity contribution is 0.0163. The molecule has 1 aromatic heterocycles. The van der Waals surface area contributed by atoms with E-state index < -0.39 is 5.60 Å². The van der Waals surface area contributed by atoms with Crippen LogP contribution in [0.3, 0.4) is 0 Å². The van der Waals surface area contributed by atoms with E-state index in [1.165, 1.54) is 0 Å². The highest BCUT2D eigenvalue weighted by atomic mass is 16.5. The lowest BCUT2D eigenvalue weighted by Gasteiger charge is -2.17. The summed E-state index contributed by atoms with van der Waals surface area (Å²) in [5, 5.41) is 14.2. The van der Waals surface area contributed by atoms with Crippen LogP contribution in [0.4, 0.5) is 0 Å². The van der Waals surface area contributed by atoms with Crippen molar-refractivity contribution in [2.24, 2.45) is 0 Å². The number of aromatic nitrogens is 1. The van der Waals surface area contributed by atoms with Gasteiger partial charge in [-0.2, -0.15) is 0 Å². The van der Waals surface area contributed by atoms with Crippen LogP contribution in [-0.2, 0) is 5.60 Å². The predicted molar refractivity (Wildman–Crippen MR) is 53.0 cm³/mol. The van der Waals surface area contributed by atoms with Crippen molar-refractivity contribution in [3.05, 3.63) is 17.5 Å². The molecule has 3 nitrogen and oxygen atoms in total. The molecule has 1 aromatic rings. The van der Waals surface area contributed by atoms with Gasteiger partial charge in [0.15, 0.2) is 5.76 Å². The Morgan fingerprint density at radius 3 is 2.57 bits per heavy atom. The van der Waals surface area contributed by atoms with Gasteiger partial charge >= 0.3 is 0 Å². The number of hydrogen-bond acceptors (Lipinski definition) is 3. The minimum Gasteiger partial charge on any atom is -0.382 e. The van der Waals surface area contributed by atoms with Crippen LogP contribution in [0, 0.1) is 0 Å². The van der Waals surface area contributed by atoms with Crippen molar-refractivity contribution in [2.45, 2.75) is 51.0 Å². The Morgan fingerprint density at radius 2 is 2.07 bits per heavy atom. The molecule has 1 heterocycles. The van der Waals surface area contributed by atoms with E-state index in [9.17, 15) is 5.11 Å². The average molecular weight is 195 g/mol. The lowest BCUT2D eigenvalue weighted by atomic mass is 9.98. The monoisotopic (exact) mass is 195 g/mol. The molecule has 1 fully saturated rings. The first kappa shape index (κ1) is 9.71. The molecule has 0 spiro atoms. The summed E-state index contributed by atoms with van der Waals surface area (Å²) >= 11 is 0. The van der Waals surface area contributed by atoms with E-state index in [0.29, 0.717) is 11.7 Å². The van der Waals surface area contributed by atoms with Crippen molar-refractivity contribution in [2.75, 3.05) is 0 Å². The highest BCUT2D eigenvalue weighted by molar-refractivity contribution is 5.16. The highest BCUT2D eigenvalue weighted by Gasteiger charge is 2.36. The van der Waals surface area contributed by atoms with Crippen molar-refractivity contribution in [1.29, 1.82) is 0 Å². The molecular formula is C11H17NO2. The number of nitrogens with zero attached hydrogens (tertiary/aromatic N) is 1. The molecule has 0 aromatic carbocycles. The predicted octanol–water partition coefficient (Wildman–Crippen LogP) is 2.56. The summed E-state index contributed by atoms with van der Waals surface area (Å²) in [6, 6.07) is 1.90. The summed E-state index contributed by atoms with van der Waals surface area (Å²) in [5.74, 6) is 1.01. The first-order valence-corrected chi connectivity index (χ1v) is 5.31. The molecule has 0 bridgehead atoms. The first-order chi connectivity index (χ1) is 6.62. The van der Waals surface area contributed by atoms with Gasteiger partial charge in [-0.05, 0) is 31.6 Å². The van der Waals surface area contributed by atoms with Crippen LogP contribution >= 0.6 is 0 Å². The third-order valence-electron chi connectivity index (χ3n) is 3.01. The maximum Gasteiger partial charge on any atom is 0.168 e. The van der Waals surface area contributed by atoms with Crippen molar-refractivity contribution in [3.63, 3.8) is 0 Å². The van der Waals surface area contributed by atoms with Gasteiger partial charge in [0.05, 0.1) is 5.69 Å². The maximum absolute atomic E-state index is 10.2. The summed E-state index contributed by atoms with van der Waals surface area (Å²) < 4.78 is 5.21. The summed E-state index contributed by atoms with van der Waals surface area (Å²) in [6.45, 7) is 4.14. The molecule has 0 aliphatic heterocycles. The van der Waals surface area contributed by atoms with Gasteiger partial charge in [-0.3, -0.25) is 0 Å². The summed E-state index contributed by atoms with van der Waals surface area (Å²) in [4.78, 5) is 0. The van der Waals surface area contributed by atoms with Crippen molar-refractivity contribution in [3.8, 4) is 0 Å². The van der Waals surface area contributed by atoms with Gasteiger partial charge in [0.1, 0.15) is 5.60 Å². The van der Waals surface area contributed by atoms with Crippen LogP contribution < -0.4 is 0 Å². The zero-order valence-electron chi connectivity index (χ0n) is 8.79. The molecule has 78 valence electrons. The zero-order valence-corrected chi connectivity index (χ0v) is 8.79. The van der Waals surface area contributed by atoms with Crippen LogP contribution in [0.1, 0.15) is 56.9 Å². The SMILES string of the molecule is CC(C)c1cc(C2(O)CCCC2)on1. The Bertz CT molecular complexity index is 311. The second-order valence-corrected chi connectivity index (χ2v) is 4.51. The Morgan fingerprint density at radius 1 is 1.43 bits per heavy atom. The van der Waals surface area contributed by atoms with E-state index in [-0.39, 0.29) is 0 Å². The van der Waals surface area contributed by atoms with Crippen LogP contribution in [0.25, 0.3) is 0 Å². The molecule has 1 aliphatic rings. The molecule has 1 N–H and O–H groups in total. The summed E-state index contributed by atoms with van der Waals surface area (Å²) in [5.41, 5.74) is 0.195. The molecule has 0 saturated heterocycles. The Hall–Kier alpha value is -0.830. The average Bonchev–Trinajstić information content (AvgIpc) is 2.71. The third kappa shape index (κ3) is 1.57. The molecule has 2 rings (SSSR count). The minimum absolute atomic E-state index is 0.359. The van der Waals surface area contributed by atoms with Gasteiger partial charge < -0.3 is 9.63 Å². The highest BCUT2D eigenvalue weighted by Crippen LogP contribution is 2.39. The third-order valence-corrected chi connectivity index (χ3v) is 3.01.